The van der Waals surface area contributed by atoms with Gasteiger partial charge in [0.25, 0.3) is 0 Å². The van der Waals surface area contributed by atoms with Crippen molar-refractivity contribution in [1.29, 1.82) is 0 Å². The van der Waals surface area contributed by atoms with Crippen LogP contribution < -0.4 is 0 Å². The Kier molecular flexibility index (Phi) is 5.64. The van der Waals surface area contributed by atoms with Gasteiger partial charge in [0.15, 0.2) is 9.84 Å². The second-order valence-corrected chi connectivity index (χ2v) is 8.47. The predicted molar refractivity (Wildman–Crippen MR) is 83.5 cm³/mol. The van der Waals surface area contributed by atoms with Gasteiger partial charge in [-0.1, -0.05) is 63.1 Å². The Balaban J connectivity index is 1.83. The summed E-state index contributed by atoms with van der Waals surface area (Å²) < 4.78 is 24.8. The zero-order chi connectivity index (χ0) is 14.4. The summed E-state index contributed by atoms with van der Waals surface area (Å²) in [6.45, 7) is 1.85. The van der Waals surface area contributed by atoms with E-state index in [1.54, 1.807) is 24.3 Å². The fourth-order valence-electron chi connectivity index (χ4n) is 3.17. The van der Waals surface area contributed by atoms with E-state index in [1.165, 1.54) is 38.5 Å². The van der Waals surface area contributed by atoms with Gasteiger partial charge in [0, 0.05) is 0 Å². The molecule has 1 aliphatic carbocycles. The average molecular weight is 294 g/mol. The first-order valence-corrected chi connectivity index (χ1v) is 9.44. The SMILES string of the molecule is CC(CCCC1CCCCC1)S(=O)(=O)c1ccccc1. The lowest BCUT2D eigenvalue weighted by Gasteiger charge is -2.22. The van der Waals surface area contributed by atoms with Crippen molar-refractivity contribution in [2.24, 2.45) is 5.92 Å². The third-order valence-electron chi connectivity index (χ3n) is 4.55. The molecule has 112 valence electrons. The van der Waals surface area contributed by atoms with Crippen LogP contribution in [-0.2, 0) is 9.84 Å². The van der Waals surface area contributed by atoms with E-state index < -0.39 is 9.84 Å². The maximum atomic E-state index is 12.4. The molecule has 1 saturated carbocycles. The van der Waals surface area contributed by atoms with E-state index in [1.807, 2.05) is 13.0 Å². The molecule has 1 atom stereocenters. The zero-order valence-electron chi connectivity index (χ0n) is 12.4. The molecule has 0 heterocycles. The molecule has 3 heteroatoms. The Hall–Kier alpha value is -0.830. The summed E-state index contributed by atoms with van der Waals surface area (Å²) in [6, 6.07) is 8.84. The van der Waals surface area contributed by atoms with E-state index in [0.717, 1.165) is 18.8 Å². The van der Waals surface area contributed by atoms with Crippen molar-refractivity contribution in [3.8, 4) is 0 Å². The van der Waals surface area contributed by atoms with Crippen LogP contribution in [0, 0.1) is 5.92 Å². The Morgan fingerprint density at radius 3 is 2.40 bits per heavy atom. The van der Waals surface area contributed by atoms with E-state index >= 15 is 0 Å². The summed E-state index contributed by atoms with van der Waals surface area (Å²) in [5, 5.41) is -0.270. The predicted octanol–water partition coefficient (Wildman–Crippen LogP) is 4.60. The maximum absolute atomic E-state index is 12.4. The number of hydrogen-bond acceptors (Lipinski definition) is 2. The smallest absolute Gasteiger partial charge is 0.180 e. The van der Waals surface area contributed by atoms with Crippen molar-refractivity contribution in [3.05, 3.63) is 30.3 Å². The molecule has 1 aromatic carbocycles. The normalized spacial score (nSPS) is 18.9. The van der Waals surface area contributed by atoms with Gasteiger partial charge < -0.3 is 0 Å². The summed E-state index contributed by atoms with van der Waals surface area (Å²) in [5.41, 5.74) is 0. The van der Waals surface area contributed by atoms with Gasteiger partial charge in [-0.25, -0.2) is 8.42 Å². The van der Waals surface area contributed by atoms with Crippen molar-refractivity contribution >= 4 is 9.84 Å². The molecule has 2 nitrogen and oxygen atoms in total. The molecule has 0 aliphatic heterocycles. The van der Waals surface area contributed by atoms with Gasteiger partial charge in [-0.05, 0) is 31.4 Å². The van der Waals surface area contributed by atoms with E-state index in [4.69, 9.17) is 0 Å². The molecule has 0 aromatic heterocycles. The Labute approximate surface area is 123 Å². The summed E-state index contributed by atoms with van der Waals surface area (Å²) in [4.78, 5) is 0.463. The quantitative estimate of drug-likeness (QED) is 0.768. The first-order chi connectivity index (χ1) is 9.60. The Bertz CT molecular complexity index is 487. The molecule has 20 heavy (non-hydrogen) atoms. The van der Waals surface area contributed by atoms with Crippen molar-refractivity contribution in [2.75, 3.05) is 0 Å². The van der Waals surface area contributed by atoms with E-state index in [0.29, 0.717) is 4.90 Å². The Morgan fingerprint density at radius 1 is 1.10 bits per heavy atom. The van der Waals surface area contributed by atoms with E-state index in [2.05, 4.69) is 0 Å². The highest BCUT2D eigenvalue weighted by Gasteiger charge is 2.23. The van der Waals surface area contributed by atoms with Crippen molar-refractivity contribution in [3.63, 3.8) is 0 Å². The number of rotatable bonds is 6. The minimum Gasteiger partial charge on any atom is -0.223 e. The third-order valence-corrected chi connectivity index (χ3v) is 6.77. The number of benzene rings is 1. The van der Waals surface area contributed by atoms with Crippen LogP contribution in [0.25, 0.3) is 0 Å². The minimum atomic E-state index is -3.14. The maximum Gasteiger partial charge on any atom is 0.180 e. The summed E-state index contributed by atoms with van der Waals surface area (Å²) >= 11 is 0. The molecular formula is C17H26O2S. The molecule has 2 rings (SSSR count). The van der Waals surface area contributed by atoms with Crippen LogP contribution in [0.15, 0.2) is 35.2 Å². The van der Waals surface area contributed by atoms with Crippen molar-refractivity contribution < 1.29 is 8.42 Å². The van der Waals surface area contributed by atoms with Gasteiger partial charge in [0.1, 0.15) is 0 Å². The first kappa shape index (κ1) is 15.6. The third kappa shape index (κ3) is 4.08. The number of hydrogen-bond donors (Lipinski definition) is 0. The highest BCUT2D eigenvalue weighted by molar-refractivity contribution is 7.92. The van der Waals surface area contributed by atoms with Gasteiger partial charge in [0.2, 0.25) is 0 Å². The average Bonchev–Trinajstić information content (AvgIpc) is 2.49. The molecule has 1 aliphatic rings. The molecule has 1 fully saturated rings. The molecule has 1 unspecified atom stereocenters. The number of sulfone groups is 1. The van der Waals surface area contributed by atoms with Gasteiger partial charge >= 0.3 is 0 Å². The lowest BCUT2D eigenvalue weighted by atomic mass is 9.86. The lowest BCUT2D eigenvalue weighted by Crippen LogP contribution is -2.18. The molecule has 0 amide bonds. The van der Waals surface area contributed by atoms with Crippen LogP contribution in [0.4, 0.5) is 0 Å². The van der Waals surface area contributed by atoms with Crippen LogP contribution in [0.1, 0.15) is 58.3 Å². The minimum absolute atomic E-state index is 0.270. The van der Waals surface area contributed by atoms with E-state index in [9.17, 15) is 8.42 Å². The molecule has 0 radical (unpaired) electrons. The summed E-state index contributed by atoms with van der Waals surface area (Å²) in [7, 11) is -3.14. The summed E-state index contributed by atoms with van der Waals surface area (Å²) in [6.07, 6.45) is 9.83. The van der Waals surface area contributed by atoms with Crippen LogP contribution in [0.3, 0.4) is 0 Å². The van der Waals surface area contributed by atoms with Crippen molar-refractivity contribution in [2.45, 2.75) is 68.4 Å². The van der Waals surface area contributed by atoms with Gasteiger partial charge in [-0.15, -0.1) is 0 Å². The highest BCUT2D eigenvalue weighted by atomic mass is 32.2. The lowest BCUT2D eigenvalue weighted by molar-refractivity contribution is 0.329. The van der Waals surface area contributed by atoms with Gasteiger partial charge in [-0.3, -0.25) is 0 Å². The molecule has 0 N–H and O–H groups in total. The highest BCUT2D eigenvalue weighted by Crippen LogP contribution is 2.29. The van der Waals surface area contributed by atoms with Crippen LogP contribution in [0.5, 0.6) is 0 Å². The van der Waals surface area contributed by atoms with Crippen LogP contribution in [-0.4, -0.2) is 13.7 Å². The topological polar surface area (TPSA) is 34.1 Å². The largest absolute Gasteiger partial charge is 0.223 e. The Morgan fingerprint density at radius 2 is 1.75 bits per heavy atom. The second-order valence-electron chi connectivity index (χ2n) is 6.10. The van der Waals surface area contributed by atoms with E-state index in [-0.39, 0.29) is 5.25 Å². The fraction of sp³-hybridized carbons (Fsp3) is 0.647. The molecule has 1 aromatic rings. The monoisotopic (exact) mass is 294 g/mol. The standard InChI is InChI=1S/C17H26O2S/c1-15(9-8-12-16-10-4-2-5-11-16)20(18,19)17-13-6-3-7-14-17/h3,6-7,13-16H,2,4-5,8-12H2,1H3. The van der Waals surface area contributed by atoms with Crippen molar-refractivity contribution in [1.82, 2.24) is 0 Å². The van der Waals surface area contributed by atoms with Gasteiger partial charge in [0.05, 0.1) is 10.1 Å². The van der Waals surface area contributed by atoms with Gasteiger partial charge in [-0.2, -0.15) is 0 Å². The molecule has 0 bridgehead atoms. The van der Waals surface area contributed by atoms with Crippen LogP contribution in [0.2, 0.25) is 0 Å². The van der Waals surface area contributed by atoms with Crippen LogP contribution >= 0.6 is 0 Å². The zero-order valence-corrected chi connectivity index (χ0v) is 13.2. The molecule has 0 saturated heterocycles. The fourth-order valence-corrected chi connectivity index (χ4v) is 4.65. The molecular weight excluding hydrogens is 268 g/mol. The molecule has 0 spiro atoms. The second kappa shape index (κ2) is 7.26. The first-order valence-electron chi connectivity index (χ1n) is 7.89. The summed E-state index contributed by atoms with van der Waals surface area (Å²) in [5.74, 6) is 0.843.